The van der Waals surface area contributed by atoms with Crippen molar-refractivity contribution in [2.75, 3.05) is 12.4 Å². The Balaban J connectivity index is 0.000000245. The summed E-state index contributed by atoms with van der Waals surface area (Å²) in [5.41, 5.74) is 6.59. The number of carbonyl (C=O) groups excluding carboxylic acids is 1. The van der Waals surface area contributed by atoms with Crippen LogP contribution in [-0.2, 0) is 11.3 Å². The molecule has 0 aromatic carbocycles. The van der Waals surface area contributed by atoms with Crippen LogP contribution >= 0.6 is 0 Å². The van der Waals surface area contributed by atoms with Crippen LogP contribution in [0.2, 0.25) is 0 Å². The molecule has 9 heteroatoms. The van der Waals surface area contributed by atoms with E-state index in [9.17, 15) is 9.59 Å². The maximum absolute atomic E-state index is 10.9. The lowest BCUT2D eigenvalue weighted by molar-refractivity contribution is -0.142. The van der Waals surface area contributed by atoms with Gasteiger partial charge < -0.3 is 16.2 Å². The summed E-state index contributed by atoms with van der Waals surface area (Å²) >= 11 is 0. The fraction of sp³-hybridized carbons (Fsp3) is 0.381. The van der Waals surface area contributed by atoms with Gasteiger partial charge in [0.2, 0.25) is 0 Å². The first-order valence-corrected chi connectivity index (χ1v) is 9.90. The van der Waals surface area contributed by atoms with Crippen molar-refractivity contribution in [3.05, 3.63) is 54.1 Å². The molecule has 0 aliphatic heterocycles. The highest BCUT2D eigenvalue weighted by atomic mass is 16.4. The predicted octanol–water partition coefficient (Wildman–Crippen LogP) is 2.78. The highest BCUT2D eigenvalue weighted by molar-refractivity contribution is 5.83. The zero-order valence-corrected chi connectivity index (χ0v) is 17.1. The minimum atomic E-state index is -0.602. The van der Waals surface area contributed by atoms with Gasteiger partial charge in [0.05, 0.1) is 17.7 Å². The van der Waals surface area contributed by atoms with E-state index in [1.54, 1.807) is 23.1 Å². The van der Waals surface area contributed by atoms with Crippen molar-refractivity contribution in [1.82, 2.24) is 19.6 Å². The summed E-state index contributed by atoms with van der Waals surface area (Å²) in [6, 6.07) is 5.67. The van der Waals surface area contributed by atoms with E-state index in [2.05, 4.69) is 26.1 Å². The molecule has 0 radical (unpaired) electrons. The summed E-state index contributed by atoms with van der Waals surface area (Å²) in [7, 11) is 1.50. The lowest BCUT2D eigenvalue weighted by atomic mass is 9.90. The summed E-state index contributed by atoms with van der Waals surface area (Å²) < 4.78 is 1.57. The van der Waals surface area contributed by atoms with Gasteiger partial charge in [-0.3, -0.25) is 14.6 Å². The normalized spacial score (nSPS) is 13.4. The van der Waals surface area contributed by atoms with Crippen molar-refractivity contribution in [2.24, 2.45) is 11.7 Å². The van der Waals surface area contributed by atoms with Crippen molar-refractivity contribution in [1.29, 1.82) is 0 Å². The number of nitrogens with one attached hydrogen (secondary N) is 1. The van der Waals surface area contributed by atoms with E-state index in [1.165, 1.54) is 19.7 Å². The topological polar surface area (TPSA) is 136 Å². The Hall–Kier alpha value is -3.33. The number of fused-ring (bicyclic) bond motifs is 1. The van der Waals surface area contributed by atoms with Crippen LogP contribution in [0.1, 0.15) is 48.0 Å². The maximum atomic E-state index is 10.9. The number of hydrogen-bond donors (Lipinski definition) is 3. The predicted molar refractivity (Wildman–Crippen MR) is 114 cm³/mol. The van der Waals surface area contributed by atoms with Crippen LogP contribution in [0.4, 0.5) is 5.82 Å². The number of rotatable bonds is 5. The number of anilines is 1. The van der Waals surface area contributed by atoms with Crippen molar-refractivity contribution in [3.63, 3.8) is 0 Å². The summed E-state index contributed by atoms with van der Waals surface area (Å²) in [6.45, 7) is 0.627. The fourth-order valence-corrected chi connectivity index (χ4v) is 3.11. The van der Waals surface area contributed by atoms with Gasteiger partial charge in [0.25, 0.3) is 0 Å². The van der Waals surface area contributed by atoms with Crippen LogP contribution in [0.25, 0.3) is 5.65 Å². The first-order valence-electron chi connectivity index (χ1n) is 9.90. The van der Waals surface area contributed by atoms with Gasteiger partial charge in [-0.05, 0) is 37.6 Å². The largest absolute Gasteiger partial charge is 0.481 e. The van der Waals surface area contributed by atoms with Gasteiger partial charge in [0.1, 0.15) is 5.82 Å². The molecular weight excluding hydrogens is 384 g/mol. The van der Waals surface area contributed by atoms with E-state index < -0.39 is 5.97 Å². The Morgan fingerprint density at radius 2 is 2.03 bits per heavy atom. The molecule has 9 nitrogen and oxygen atoms in total. The highest BCUT2D eigenvalue weighted by Gasteiger charge is 2.19. The number of aldehydes is 1. The molecule has 1 aliphatic carbocycles. The average molecular weight is 412 g/mol. The van der Waals surface area contributed by atoms with Crippen LogP contribution in [-0.4, -0.2) is 44.0 Å². The summed E-state index contributed by atoms with van der Waals surface area (Å²) in [5, 5.41) is 15.8. The second-order valence-electron chi connectivity index (χ2n) is 6.69. The number of hydrogen-bond acceptors (Lipinski definition) is 7. The van der Waals surface area contributed by atoms with Crippen molar-refractivity contribution >= 4 is 23.7 Å². The quantitative estimate of drug-likeness (QED) is 0.544. The molecule has 1 saturated carbocycles. The van der Waals surface area contributed by atoms with Crippen LogP contribution in [0.3, 0.4) is 0 Å². The minimum absolute atomic E-state index is 0.0289. The van der Waals surface area contributed by atoms with E-state index >= 15 is 0 Å². The summed E-state index contributed by atoms with van der Waals surface area (Å²) in [4.78, 5) is 29.6. The molecule has 0 saturated heterocycles. The molecule has 0 bridgehead atoms. The van der Waals surface area contributed by atoms with E-state index in [-0.39, 0.29) is 5.92 Å². The maximum Gasteiger partial charge on any atom is 0.306 e. The standard InChI is InChI=1S/C13H11N5O.C7H12O2.CH5N/c19-9-11-8-16-18-5-3-12(17-13(11)18)15-7-10-2-1-4-14-6-10;8-7(9)6-4-2-1-3-5-6;1-2/h1-6,8-9H,7H2,(H,15,17);6H,1-5H2,(H,8,9);2H2,1H3. The number of nitrogens with zero attached hydrogens (tertiary/aromatic N) is 4. The molecule has 4 N–H and O–H groups in total. The molecule has 0 spiro atoms. The van der Waals surface area contributed by atoms with Crippen molar-refractivity contribution in [2.45, 2.75) is 38.6 Å². The van der Waals surface area contributed by atoms with Crippen LogP contribution in [0, 0.1) is 5.92 Å². The third-order valence-electron chi connectivity index (χ3n) is 4.67. The summed E-state index contributed by atoms with van der Waals surface area (Å²) in [6.07, 6.45) is 12.8. The number of nitrogens with two attached hydrogens (primary N) is 1. The van der Waals surface area contributed by atoms with Crippen molar-refractivity contribution < 1.29 is 14.7 Å². The molecule has 30 heavy (non-hydrogen) atoms. The lowest BCUT2D eigenvalue weighted by Gasteiger charge is -2.16. The minimum Gasteiger partial charge on any atom is -0.481 e. The molecule has 0 unspecified atom stereocenters. The molecule has 3 heterocycles. The second kappa shape index (κ2) is 12.3. The highest BCUT2D eigenvalue weighted by Crippen LogP contribution is 2.23. The van der Waals surface area contributed by atoms with Gasteiger partial charge >= 0.3 is 5.97 Å². The van der Waals surface area contributed by atoms with Gasteiger partial charge in [-0.2, -0.15) is 5.10 Å². The van der Waals surface area contributed by atoms with Gasteiger partial charge in [-0.25, -0.2) is 9.50 Å². The second-order valence-corrected chi connectivity index (χ2v) is 6.69. The number of carboxylic acids is 1. The molecule has 1 fully saturated rings. The zero-order valence-electron chi connectivity index (χ0n) is 17.1. The van der Waals surface area contributed by atoms with Gasteiger partial charge in [-0.1, -0.05) is 25.3 Å². The molecule has 3 aromatic rings. The lowest BCUT2D eigenvalue weighted by Crippen LogP contribution is -2.16. The third kappa shape index (κ3) is 6.63. The molecular formula is C21H28N6O3. The molecule has 0 atom stereocenters. The third-order valence-corrected chi connectivity index (χ3v) is 4.67. The SMILES string of the molecule is CN.O=C(O)C1CCCCC1.O=Cc1cnn2ccc(NCc3cccnc3)nc12. The Morgan fingerprint density at radius 1 is 1.27 bits per heavy atom. The number of aromatic nitrogens is 4. The van der Waals surface area contributed by atoms with Gasteiger partial charge in [0.15, 0.2) is 11.9 Å². The van der Waals surface area contributed by atoms with Crippen LogP contribution < -0.4 is 11.1 Å². The molecule has 0 amide bonds. The van der Waals surface area contributed by atoms with E-state index in [0.29, 0.717) is 23.6 Å². The molecule has 4 rings (SSSR count). The average Bonchev–Trinajstić information content (AvgIpc) is 3.23. The first kappa shape index (κ1) is 23.0. The van der Waals surface area contributed by atoms with E-state index in [0.717, 1.165) is 37.5 Å². The molecule has 160 valence electrons. The molecule has 1 aliphatic rings. The van der Waals surface area contributed by atoms with Crippen molar-refractivity contribution in [3.8, 4) is 0 Å². The van der Waals surface area contributed by atoms with Gasteiger partial charge in [0, 0.05) is 25.1 Å². The van der Waals surface area contributed by atoms with Gasteiger partial charge in [-0.15, -0.1) is 0 Å². The Bertz CT molecular complexity index is 923. The number of aliphatic carboxylic acids is 1. The Kier molecular flexibility index (Phi) is 9.39. The smallest absolute Gasteiger partial charge is 0.306 e. The Morgan fingerprint density at radius 3 is 2.63 bits per heavy atom. The first-order chi connectivity index (χ1) is 14.7. The van der Waals surface area contributed by atoms with Crippen LogP contribution in [0.5, 0.6) is 0 Å². The Labute approximate surface area is 175 Å². The zero-order chi connectivity index (χ0) is 21.8. The van der Waals surface area contributed by atoms with E-state index in [4.69, 9.17) is 5.11 Å². The fourth-order valence-electron chi connectivity index (χ4n) is 3.11. The van der Waals surface area contributed by atoms with Crippen LogP contribution in [0.15, 0.2) is 43.0 Å². The number of pyridine rings is 1. The monoisotopic (exact) mass is 412 g/mol. The number of carbonyl (C=O) groups is 2. The van der Waals surface area contributed by atoms with E-state index in [1.807, 2.05) is 18.2 Å². The molecule has 3 aromatic heterocycles. The number of carboxylic acid groups (broad SMARTS) is 1. The summed E-state index contributed by atoms with van der Waals surface area (Å²) in [5.74, 6) is 0.0633.